The summed E-state index contributed by atoms with van der Waals surface area (Å²) < 4.78 is 17.1. The molecule has 0 fully saturated rings. The largest absolute Gasteiger partial charge is 0.421 e. The Kier molecular flexibility index (Phi) is 3.90. The van der Waals surface area contributed by atoms with E-state index in [-0.39, 0.29) is 48.9 Å². The third kappa shape index (κ3) is 2.29. The van der Waals surface area contributed by atoms with Crippen LogP contribution in [0.2, 0.25) is 0 Å². The minimum Gasteiger partial charge on any atom is -0.421 e. The summed E-state index contributed by atoms with van der Waals surface area (Å²) in [6.45, 7) is 0. The molecule has 1 unspecified atom stereocenters. The molecule has 3 nitrogen and oxygen atoms in total. The molecule has 0 aliphatic carbocycles. The number of fused-ring (bicyclic) bond motifs is 3. The topological polar surface area (TPSA) is 46.5 Å². The molecule has 0 saturated carbocycles. The van der Waals surface area contributed by atoms with Crippen molar-refractivity contribution in [2.75, 3.05) is 0 Å². The summed E-state index contributed by atoms with van der Waals surface area (Å²) in [7, 11) is -3.71. The average Bonchev–Trinajstić information content (AvgIpc) is 2.29. The van der Waals surface area contributed by atoms with Crippen molar-refractivity contribution in [1.29, 1.82) is 0 Å². The smallest absolute Gasteiger partial charge is 0.408 e. The van der Waals surface area contributed by atoms with Crippen LogP contribution in [-0.4, -0.2) is 53.8 Å². The van der Waals surface area contributed by atoms with Gasteiger partial charge in [0, 0.05) is 60.0 Å². The first-order valence-corrected chi connectivity index (χ1v) is 6.48. The fourth-order valence-corrected chi connectivity index (χ4v) is 3.20. The summed E-state index contributed by atoms with van der Waals surface area (Å²) in [5.74, 6) is 0.465. The van der Waals surface area contributed by atoms with Gasteiger partial charge in [-0.2, -0.15) is 0 Å². The Morgan fingerprint density at radius 3 is 2.29 bits per heavy atom. The van der Waals surface area contributed by atoms with E-state index in [0.717, 1.165) is 11.1 Å². The molecule has 0 amide bonds. The average molecular weight is 370 g/mol. The van der Waals surface area contributed by atoms with E-state index in [1.807, 2.05) is 24.3 Å². The first-order valence-electron chi connectivity index (χ1n) is 4.90. The molecule has 1 aliphatic heterocycles. The Hall–Kier alpha value is 0.00143. The molecule has 2 aromatic rings. The molecular formula is C12H9BaO3P. The minimum atomic E-state index is -3.71. The van der Waals surface area contributed by atoms with Gasteiger partial charge in [0.1, 0.15) is 5.75 Å². The second-order valence-corrected chi connectivity index (χ2v) is 5.33. The summed E-state index contributed by atoms with van der Waals surface area (Å²) in [5.41, 5.74) is 1.63. The number of benzene rings is 2. The monoisotopic (exact) mass is 370 g/mol. The van der Waals surface area contributed by atoms with Crippen molar-refractivity contribution in [3.05, 3.63) is 48.5 Å². The molecule has 3 rings (SSSR count). The maximum atomic E-state index is 12.0. The van der Waals surface area contributed by atoms with E-state index in [0.29, 0.717) is 11.1 Å². The van der Waals surface area contributed by atoms with Crippen LogP contribution in [0.3, 0.4) is 0 Å². The van der Waals surface area contributed by atoms with Crippen molar-refractivity contribution in [3.8, 4) is 16.9 Å². The quantitative estimate of drug-likeness (QED) is 0.572. The Bertz CT molecular complexity index is 612. The molecule has 2 radical (unpaired) electrons. The molecule has 0 saturated heterocycles. The van der Waals surface area contributed by atoms with Gasteiger partial charge in [-0.15, -0.1) is 0 Å². The molecule has 1 N–H and O–H groups in total. The van der Waals surface area contributed by atoms with Crippen molar-refractivity contribution in [3.63, 3.8) is 0 Å². The molecular weight excluding hydrogens is 360 g/mol. The molecule has 0 spiro atoms. The molecule has 17 heavy (non-hydrogen) atoms. The number of rotatable bonds is 0. The molecule has 5 heteroatoms. The van der Waals surface area contributed by atoms with Crippen molar-refractivity contribution >= 4 is 61.8 Å². The van der Waals surface area contributed by atoms with Crippen molar-refractivity contribution in [2.45, 2.75) is 0 Å². The van der Waals surface area contributed by atoms with Gasteiger partial charge in [-0.25, -0.2) is 4.57 Å². The summed E-state index contributed by atoms with van der Waals surface area (Å²) in [6, 6.07) is 14.3. The summed E-state index contributed by atoms with van der Waals surface area (Å²) >= 11 is 0. The Morgan fingerprint density at radius 2 is 1.53 bits per heavy atom. The number of para-hydroxylation sites is 1. The van der Waals surface area contributed by atoms with Gasteiger partial charge in [0.15, 0.2) is 0 Å². The van der Waals surface area contributed by atoms with E-state index in [1.165, 1.54) is 0 Å². The Balaban J connectivity index is 0.00000108. The van der Waals surface area contributed by atoms with Crippen LogP contribution in [0.1, 0.15) is 0 Å². The maximum absolute atomic E-state index is 12.0. The van der Waals surface area contributed by atoms with Gasteiger partial charge in [0.25, 0.3) is 0 Å². The Morgan fingerprint density at radius 1 is 0.941 bits per heavy atom. The Labute approximate surface area is 139 Å². The van der Waals surface area contributed by atoms with Crippen molar-refractivity contribution in [1.82, 2.24) is 0 Å². The van der Waals surface area contributed by atoms with Crippen LogP contribution in [-0.2, 0) is 4.57 Å². The van der Waals surface area contributed by atoms with Gasteiger partial charge >= 0.3 is 7.60 Å². The van der Waals surface area contributed by atoms with Gasteiger partial charge in [0.2, 0.25) is 0 Å². The van der Waals surface area contributed by atoms with Gasteiger partial charge in [-0.3, -0.25) is 0 Å². The van der Waals surface area contributed by atoms with Gasteiger partial charge < -0.3 is 9.42 Å². The summed E-state index contributed by atoms with van der Waals surface area (Å²) in [5, 5.41) is 0.369. The van der Waals surface area contributed by atoms with Crippen LogP contribution in [0.25, 0.3) is 11.1 Å². The second kappa shape index (κ2) is 4.94. The third-order valence-electron chi connectivity index (χ3n) is 2.61. The van der Waals surface area contributed by atoms with Gasteiger partial charge in [-0.05, 0) is 12.1 Å². The predicted octanol–water partition coefficient (Wildman–Crippen LogP) is 2.18. The molecule has 0 bridgehead atoms. The number of hydrogen-bond acceptors (Lipinski definition) is 2. The first kappa shape index (κ1) is 13.4. The van der Waals surface area contributed by atoms with E-state index in [2.05, 4.69) is 0 Å². The van der Waals surface area contributed by atoms with Crippen LogP contribution in [0.4, 0.5) is 0 Å². The van der Waals surface area contributed by atoms with Crippen LogP contribution < -0.4 is 9.83 Å². The van der Waals surface area contributed by atoms with Gasteiger partial charge in [0.05, 0.1) is 5.30 Å². The molecule has 0 aromatic heterocycles. The molecule has 1 aliphatic rings. The standard InChI is InChI=1S/C12H9O3P.Ba/c13-16(14)12-8-4-2-6-10(12)9-5-1-3-7-11(9)15-16;/h1-8H,(H,13,14);. The van der Waals surface area contributed by atoms with Crippen LogP contribution in [0.5, 0.6) is 5.75 Å². The minimum absolute atomic E-state index is 0. The zero-order valence-corrected chi connectivity index (χ0v) is 14.4. The fourth-order valence-electron chi connectivity index (χ4n) is 1.90. The third-order valence-corrected chi connectivity index (χ3v) is 4.05. The van der Waals surface area contributed by atoms with E-state index in [1.54, 1.807) is 24.3 Å². The van der Waals surface area contributed by atoms with Crippen LogP contribution >= 0.6 is 7.60 Å². The van der Waals surface area contributed by atoms with Crippen molar-refractivity contribution < 1.29 is 14.0 Å². The van der Waals surface area contributed by atoms with E-state index >= 15 is 0 Å². The van der Waals surface area contributed by atoms with E-state index in [9.17, 15) is 9.46 Å². The first-order chi connectivity index (χ1) is 7.68. The maximum Gasteiger partial charge on any atom is 0.408 e. The number of hydrogen-bond donors (Lipinski definition) is 1. The second-order valence-electron chi connectivity index (χ2n) is 3.63. The van der Waals surface area contributed by atoms with E-state index < -0.39 is 7.60 Å². The normalized spacial score (nSPS) is 20.5. The molecule has 2 aromatic carbocycles. The fraction of sp³-hybridized carbons (Fsp3) is 0. The van der Waals surface area contributed by atoms with Crippen LogP contribution in [0, 0.1) is 0 Å². The molecule has 1 atom stereocenters. The van der Waals surface area contributed by atoms with E-state index in [4.69, 9.17) is 4.52 Å². The molecule has 1 heterocycles. The van der Waals surface area contributed by atoms with Gasteiger partial charge in [-0.1, -0.05) is 36.4 Å². The summed E-state index contributed by atoms with van der Waals surface area (Å²) in [6.07, 6.45) is 0. The van der Waals surface area contributed by atoms with Crippen molar-refractivity contribution in [2.24, 2.45) is 0 Å². The SMILES string of the molecule is O=P1(O)Oc2ccccc2-c2ccccc21.[Ba]. The molecule has 82 valence electrons. The van der Waals surface area contributed by atoms with Crippen LogP contribution in [0.15, 0.2) is 48.5 Å². The zero-order chi connectivity index (χ0) is 11.2. The predicted molar refractivity (Wildman–Crippen MR) is 67.7 cm³/mol. The zero-order valence-electron chi connectivity index (χ0n) is 9.04. The summed E-state index contributed by atoms with van der Waals surface area (Å²) in [4.78, 5) is 9.81.